The summed E-state index contributed by atoms with van der Waals surface area (Å²) in [6, 6.07) is 14.1. The van der Waals surface area contributed by atoms with Gasteiger partial charge in [-0.25, -0.2) is 9.69 Å². The maximum Gasteiger partial charge on any atom is 0.332 e. The van der Waals surface area contributed by atoms with Crippen LogP contribution in [-0.4, -0.2) is 28.9 Å². The van der Waals surface area contributed by atoms with Crippen LogP contribution in [0.4, 0.5) is 10.5 Å². The van der Waals surface area contributed by atoms with Gasteiger partial charge in [-0.2, -0.15) is 0 Å². The molecule has 2 aromatic rings. The molecule has 1 aliphatic heterocycles. The topological polar surface area (TPSA) is 40.6 Å². The number of hydrogen-bond acceptors (Lipinski definition) is 2. The molecule has 0 spiro atoms. The van der Waals surface area contributed by atoms with Gasteiger partial charge in [0.15, 0.2) is 0 Å². The van der Waals surface area contributed by atoms with Crippen LogP contribution in [0.15, 0.2) is 48.5 Å². The Kier molecular flexibility index (Phi) is 5.26. The second-order valence-electron chi connectivity index (χ2n) is 6.64. The molecule has 2 aromatic carbocycles. The summed E-state index contributed by atoms with van der Waals surface area (Å²) in [6.07, 6.45) is 1.21. The van der Waals surface area contributed by atoms with Gasteiger partial charge in [-0.3, -0.25) is 4.79 Å². The minimum atomic E-state index is -0.955. The first-order valence-corrected chi connectivity index (χ1v) is 9.28. The zero-order valence-corrected chi connectivity index (χ0v) is 16.2. The third kappa shape index (κ3) is 3.31. The Morgan fingerprint density at radius 2 is 1.62 bits per heavy atom. The van der Waals surface area contributed by atoms with E-state index in [1.807, 2.05) is 44.2 Å². The zero-order valence-electron chi connectivity index (χ0n) is 14.7. The van der Waals surface area contributed by atoms with Gasteiger partial charge in [0.25, 0.3) is 5.91 Å². The van der Waals surface area contributed by atoms with Crippen molar-refractivity contribution in [1.29, 1.82) is 0 Å². The summed E-state index contributed by atoms with van der Waals surface area (Å²) >= 11 is 12.2. The van der Waals surface area contributed by atoms with E-state index in [1.165, 1.54) is 4.90 Å². The number of carbonyl (C=O) groups excluding carboxylic acids is 2. The van der Waals surface area contributed by atoms with Gasteiger partial charge in [-0.05, 0) is 37.1 Å². The van der Waals surface area contributed by atoms with Crippen LogP contribution >= 0.6 is 23.2 Å². The van der Waals surface area contributed by atoms with Gasteiger partial charge in [0, 0.05) is 23.0 Å². The molecule has 1 fully saturated rings. The van der Waals surface area contributed by atoms with E-state index >= 15 is 0 Å². The fraction of sp³-hybridized carbons (Fsp3) is 0.300. The van der Waals surface area contributed by atoms with Crippen molar-refractivity contribution < 1.29 is 9.59 Å². The van der Waals surface area contributed by atoms with E-state index in [0.29, 0.717) is 28.7 Å². The monoisotopic (exact) mass is 390 g/mol. The van der Waals surface area contributed by atoms with Crippen LogP contribution in [0.3, 0.4) is 0 Å². The Morgan fingerprint density at radius 3 is 2.19 bits per heavy atom. The minimum absolute atomic E-state index is 0.266. The number of rotatable bonds is 5. The molecule has 1 atom stereocenters. The summed E-state index contributed by atoms with van der Waals surface area (Å²) in [5.41, 5.74) is 0.446. The van der Waals surface area contributed by atoms with E-state index < -0.39 is 5.54 Å². The molecule has 0 aromatic heterocycles. The largest absolute Gasteiger partial charge is 0.332 e. The van der Waals surface area contributed by atoms with E-state index in [9.17, 15) is 9.59 Å². The highest BCUT2D eigenvalue weighted by atomic mass is 35.5. The Labute approximate surface area is 163 Å². The molecule has 3 amide bonds. The molecule has 1 heterocycles. The summed E-state index contributed by atoms with van der Waals surface area (Å²) in [5.74, 6) is -0.266. The first kappa shape index (κ1) is 18.7. The van der Waals surface area contributed by atoms with Crippen LogP contribution < -0.4 is 4.90 Å². The number of imide groups is 1. The summed E-state index contributed by atoms with van der Waals surface area (Å²) in [4.78, 5) is 29.2. The average molecular weight is 391 g/mol. The van der Waals surface area contributed by atoms with Gasteiger partial charge >= 0.3 is 6.03 Å². The lowest BCUT2D eigenvalue weighted by Gasteiger charge is -2.31. The highest BCUT2D eigenvalue weighted by Crippen LogP contribution is 2.36. The van der Waals surface area contributed by atoms with Crippen molar-refractivity contribution >= 4 is 40.8 Å². The highest BCUT2D eigenvalue weighted by molar-refractivity contribution is 6.35. The first-order valence-electron chi connectivity index (χ1n) is 8.53. The summed E-state index contributed by atoms with van der Waals surface area (Å²) in [6.45, 7) is 4.31. The van der Waals surface area contributed by atoms with Crippen LogP contribution in [-0.2, 0) is 11.2 Å². The van der Waals surface area contributed by atoms with Crippen LogP contribution in [0.25, 0.3) is 0 Å². The van der Waals surface area contributed by atoms with Crippen LogP contribution in [0.2, 0.25) is 10.0 Å². The third-order valence-electron chi connectivity index (χ3n) is 4.63. The summed E-state index contributed by atoms with van der Waals surface area (Å²) < 4.78 is 0. The number of amides is 3. The van der Waals surface area contributed by atoms with E-state index in [0.717, 1.165) is 12.0 Å². The second kappa shape index (κ2) is 7.29. The van der Waals surface area contributed by atoms with Gasteiger partial charge < -0.3 is 4.90 Å². The lowest BCUT2D eigenvalue weighted by Crippen LogP contribution is -2.49. The van der Waals surface area contributed by atoms with Crippen LogP contribution in [0, 0.1) is 0 Å². The Hall–Kier alpha value is -2.04. The number of anilines is 1. The van der Waals surface area contributed by atoms with E-state index in [2.05, 4.69) is 0 Å². The summed E-state index contributed by atoms with van der Waals surface area (Å²) in [7, 11) is 0. The lowest BCUT2D eigenvalue weighted by molar-refractivity contribution is -0.124. The fourth-order valence-corrected chi connectivity index (χ4v) is 3.92. The Balaban J connectivity index is 2.04. The van der Waals surface area contributed by atoms with E-state index in [1.54, 1.807) is 23.1 Å². The molecule has 3 rings (SSSR count). The average Bonchev–Trinajstić information content (AvgIpc) is 2.76. The van der Waals surface area contributed by atoms with Crippen LogP contribution in [0.1, 0.15) is 25.8 Å². The van der Waals surface area contributed by atoms with Crippen molar-refractivity contribution in [3.8, 4) is 0 Å². The smallest absolute Gasteiger partial charge is 0.309 e. The molecule has 0 radical (unpaired) electrons. The van der Waals surface area contributed by atoms with Crippen molar-refractivity contribution in [1.82, 2.24) is 4.90 Å². The number of halogens is 2. The maximum atomic E-state index is 13.3. The number of urea groups is 1. The van der Waals surface area contributed by atoms with Gasteiger partial charge in [-0.1, -0.05) is 60.5 Å². The molecule has 0 aliphatic carbocycles. The molecular formula is C20H20Cl2N2O2. The number of benzene rings is 2. The quantitative estimate of drug-likeness (QED) is 0.660. The molecular weight excluding hydrogens is 371 g/mol. The van der Waals surface area contributed by atoms with Crippen molar-refractivity contribution in [2.75, 3.05) is 11.4 Å². The fourth-order valence-electron chi connectivity index (χ4n) is 3.40. The molecule has 26 heavy (non-hydrogen) atoms. The molecule has 6 heteroatoms. The van der Waals surface area contributed by atoms with Crippen LogP contribution in [0.5, 0.6) is 0 Å². The maximum absolute atomic E-state index is 13.3. The normalized spacial score (nSPS) is 20.2. The molecule has 4 nitrogen and oxygen atoms in total. The summed E-state index contributed by atoms with van der Waals surface area (Å²) in [5, 5.41) is 0.763. The van der Waals surface area contributed by atoms with Crippen molar-refractivity contribution in [3.63, 3.8) is 0 Å². The first-order chi connectivity index (χ1) is 12.4. The number of carbonyl (C=O) groups is 2. The van der Waals surface area contributed by atoms with Crippen molar-refractivity contribution in [2.24, 2.45) is 0 Å². The molecule has 1 saturated heterocycles. The minimum Gasteiger partial charge on any atom is -0.309 e. The van der Waals surface area contributed by atoms with Crippen molar-refractivity contribution in [2.45, 2.75) is 32.2 Å². The Morgan fingerprint density at radius 1 is 1.00 bits per heavy atom. The zero-order chi connectivity index (χ0) is 18.9. The van der Waals surface area contributed by atoms with Crippen molar-refractivity contribution in [3.05, 3.63) is 64.1 Å². The molecule has 1 aliphatic rings. The Bertz CT molecular complexity index is 821. The predicted molar refractivity (Wildman–Crippen MR) is 105 cm³/mol. The standard InChI is InChI=1S/C20H20Cl2N2O2/c1-3-9-23-19(26)24(17-11-15(21)10-16(22)12-17)18(25)20(23,2)13-14-7-5-4-6-8-14/h4-8,10-12H,3,9,13H2,1-2H3. The van der Waals surface area contributed by atoms with Gasteiger partial charge in [0.05, 0.1) is 5.69 Å². The second-order valence-corrected chi connectivity index (χ2v) is 7.51. The number of nitrogens with zero attached hydrogens (tertiary/aromatic N) is 2. The molecule has 0 bridgehead atoms. The van der Waals surface area contributed by atoms with E-state index in [-0.39, 0.29) is 11.9 Å². The van der Waals surface area contributed by atoms with E-state index in [4.69, 9.17) is 23.2 Å². The molecule has 0 N–H and O–H groups in total. The molecule has 0 saturated carbocycles. The lowest BCUT2D eigenvalue weighted by atomic mass is 9.91. The SMILES string of the molecule is CCCN1C(=O)N(c2cc(Cl)cc(Cl)c2)C(=O)C1(C)Cc1ccccc1. The highest BCUT2D eigenvalue weighted by Gasteiger charge is 2.54. The number of hydrogen-bond donors (Lipinski definition) is 0. The van der Waals surface area contributed by atoms with Gasteiger partial charge in [0.1, 0.15) is 5.54 Å². The van der Waals surface area contributed by atoms with Gasteiger partial charge in [-0.15, -0.1) is 0 Å². The molecule has 136 valence electrons. The molecule has 1 unspecified atom stereocenters. The third-order valence-corrected chi connectivity index (χ3v) is 5.06. The van der Waals surface area contributed by atoms with Gasteiger partial charge in [0.2, 0.25) is 0 Å². The predicted octanol–water partition coefficient (Wildman–Crippen LogP) is 5.17.